The molecule has 0 saturated heterocycles. The van der Waals surface area contributed by atoms with Crippen molar-refractivity contribution < 1.29 is 4.74 Å². The van der Waals surface area contributed by atoms with Gasteiger partial charge in [-0.15, -0.1) is 0 Å². The van der Waals surface area contributed by atoms with E-state index in [0.717, 1.165) is 41.8 Å². The first-order valence-corrected chi connectivity index (χ1v) is 10.9. The molecule has 142 valence electrons. The van der Waals surface area contributed by atoms with Gasteiger partial charge in [0.05, 0.1) is 11.6 Å². The molecule has 27 heavy (non-hydrogen) atoms. The Morgan fingerprint density at radius 3 is 3.00 bits per heavy atom. The maximum atomic E-state index is 6.20. The molecule has 1 aromatic carbocycles. The molecule has 1 aliphatic heterocycles. The first-order valence-electron chi connectivity index (χ1n) is 10.1. The Morgan fingerprint density at radius 1 is 1.26 bits per heavy atom. The lowest BCUT2D eigenvalue weighted by Crippen LogP contribution is -2.29. The quantitative estimate of drug-likeness (QED) is 0.690. The minimum Gasteiger partial charge on any atom is -0.489 e. The summed E-state index contributed by atoms with van der Waals surface area (Å²) in [7, 11) is 0. The smallest absolute Gasteiger partial charge is 0.175 e. The summed E-state index contributed by atoms with van der Waals surface area (Å²) >= 11 is 1.49. The Kier molecular flexibility index (Phi) is 4.61. The second-order valence-corrected chi connectivity index (χ2v) is 8.51. The Hall–Kier alpha value is -1.92. The van der Waals surface area contributed by atoms with E-state index in [0.29, 0.717) is 12.0 Å². The number of aromatic nitrogens is 3. The van der Waals surface area contributed by atoms with E-state index < -0.39 is 0 Å². The van der Waals surface area contributed by atoms with Gasteiger partial charge in [-0.1, -0.05) is 38.3 Å². The van der Waals surface area contributed by atoms with Gasteiger partial charge in [0.1, 0.15) is 17.4 Å². The first-order chi connectivity index (χ1) is 13.3. The van der Waals surface area contributed by atoms with Crippen molar-refractivity contribution >= 4 is 22.4 Å². The van der Waals surface area contributed by atoms with Gasteiger partial charge < -0.3 is 14.6 Å². The van der Waals surface area contributed by atoms with Crippen molar-refractivity contribution in [3.05, 3.63) is 29.4 Å². The van der Waals surface area contributed by atoms with Crippen molar-refractivity contribution in [3.8, 4) is 17.1 Å². The molecule has 0 amide bonds. The van der Waals surface area contributed by atoms with Gasteiger partial charge in [-0.05, 0) is 42.9 Å². The fraction of sp³-hybridized carbons (Fsp3) is 0.524. The number of rotatable bonds is 5. The van der Waals surface area contributed by atoms with Crippen LogP contribution < -0.4 is 10.1 Å². The van der Waals surface area contributed by atoms with Crippen molar-refractivity contribution in [1.82, 2.24) is 19.2 Å². The summed E-state index contributed by atoms with van der Waals surface area (Å²) in [6, 6.07) is 6.78. The van der Waals surface area contributed by atoms with E-state index in [1.54, 1.807) is 0 Å². The number of para-hydroxylation sites is 1. The van der Waals surface area contributed by atoms with Gasteiger partial charge in [-0.3, -0.25) is 0 Å². The number of ether oxygens (including phenoxy) is 1. The molecule has 3 heterocycles. The molecule has 3 aromatic rings. The molecular formula is C21H26N4OS. The topological polar surface area (TPSA) is 52.0 Å². The Labute approximate surface area is 163 Å². The number of benzene rings is 1. The Morgan fingerprint density at radius 2 is 2.15 bits per heavy atom. The molecule has 5 rings (SSSR count). The molecule has 0 unspecified atom stereocenters. The predicted octanol–water partition coefficient (Wildman–Crippen LogP) is 4.78. The van der Waals surface area contributed by atoms with E-state index in [1.807, 2.05) is 0 Å². The van der Waals surface area contributed by atoms with Crippen LogP contribution in [-0.4, -0.2) is 27.1 Å². The van der Waals surface area contributed by atoms with E-state index >= 15 is 0 Å². The van der Waals surface area contributed by atoms with Crippen molar-refractivity contribution in [2.75, 3.05) is 13.2 Å². The highest BCUT2D eigenvalue weighted by Gasteiger charge is 2.32. The number of hydrogen-bond acceptors (Lipinski definition) is 5. The molecule has 1 saturated carbocycles. The van der Waals surface area contributed by atoms with Crippen LogP contribution in [0.25, 0.3) is 22.3 Å². The average Bonchev–Trinajstić information content (AvgIpc) is 3.34. The van der Waals surface area contributed by atoms with Crippen LogP contribution in [0.4, 0.5) is 0 Å². The summed E-state index contributed by atoms with van der Waals surface area (Å²) in [5.74, 6) is 2.55. The maximum Gasteiger partial charge on any atom is 0.175 e. The molecule has 1 N–H and O–H groups in total. The first kappa shape index (κ1) is 17.2. The zero-order valence-corrected chi connectivity index (χ0v) is 16.6. The fourth-order valence-corrected chi connectivity index (χ4v) is 5.27. The van der Waals surface area contributed by atoms with E-state index in [1.165, 1.54) is 54.5 Å². The molecule has 0 spiro atoms. The van der Waals surface area contributed by atoms with Crippen LogP contribution in [0, 0.1) is 5.92 Å². The van der Waals surface area contributed by atoms with Gasteiger partial charge in [0, 0.05) is 23.7 Å². The molecule has 2 aliphatic rings. The van der Waals surface area contributed by atoms with E-state index in [9.17, 15) is 0 Å². The van der Waals surface area contributed by atoms with Crippen LogP contribution in [0.3, 0.4) is 0 Å². The Bertz CT molecular complexity index is 941. The SMILES string of the molecule is CCNCc1nc(-c2cn3c4c(cccc24)OC[C@H]3C2CCCCC2)ns1. The standard InChI is InChI=1S/C21H26N4OS/c1-2-22-11-19-23-21(24-27-19)16-12-25-17(14-7-4-3-5-8-14)13-26-18-10-6-9-15(16)20(18)25/h6,9-10,12,14,17,22H,2-5,7-8,11,13H2,1H3/t17-/m0/s1. The van der Waals surface area contributed by atoms with Crippen LogP contribution in [0.1, 0.15) is 50.1 Å². The van der Waals surface area contributed by atoms with Gasteiger partial charge in [-0.25, -0.2) is 4.98 Å². The number of nitrogens with one attached hydrogen (secondary N) is 1. The molecule has 6 heteroatoms. The van der Waals surface area contributed by atoms with Crippen LogP contribution >= 0.6 is 11.5 Å². The summed E-state index contributed by atoms with van der Waals surface area (Å²) in [6.07, 6.45) is 8.99. The second kappa shape index (κ2) is 7.24. The molecule has 5 nitrogen and oxygen atoms in total. The van der Waals surface area contributed by atoms with Crippen LogP contribution in [0.15, 0.2) is 24.4 Å². The van der Waals surface area contributed by atoms with Gasteiger partial charge in [0.25, 0.3) is 0 Å². The number of nitrogens with zero attached hydrogens (tertiary/aromatic N) is 3. The predicted molar refractivity (Wildman–Crippen MR) is 109 cm³/mol. The van der Waals surface area contributed by atoms with Crippen molar-refractivity contribution in [2.24, 2.45) is 5.92 Å². The van der Waals surface area contributed by atoms with Crippen LogP contribution in [0.5, 0.6) is 5.75 Å². The fourth-order valence-electron chi connectivity index (χ4n) is 4.64. The third-order valence-corrected chi connectivity index (χ3v) is 6.72. The minimum atomic E-state index is 0.427. The summed E-state index contributed by atoms with van der Waals surface area (Å²) in [6.45, 7) is 4.61. The van der Waals surface area contributed by atoms with Crippen molar-refractivity contribution in [1.29, 1.82) is 0 Å². The molecule has 1 atom stereocenters. The van der Waals surface area contributed by atoms with Gasteiger partial charge in [-0.2, -0.15) is 4.37 Å². The summed E-state index contributed by atoms with van der Waals surface area (Å²) in [5.41, 5.74) is 2.36. The molecule has 1 fully saturated rings. The average molecular weight is 383 g/mol. The Balaban J connectivity index is 1.57. The van der Waals surface area contributed by atoms with Crippen molar-refractivity contribution in [2.45, 2.75) is 51.6 Å². The minimum absolute atomic E-state index is 0.427. The van der Waals surface area contributed by atoms with E-state index in [2.05, 4.69) is 45.6 Å². The zero-order chi connectivity index (χ0) is 18.2. The lowest BCUT2D eigenvalue weighted by atomic mass is 9.83. The largest absolute Gasteiger partial charge is 0.489 e. The molecule has 0 bridgehead atoms. The lowest BCUT2D eigenvalue weighted by molar-refractivity contribution is 0.158. The normalized spacial score (nSPS) is 20.1. The molecule has 0 radical (unpaired) electrons. The highest BCUT2D eigenvalue weighted by atomic mass is 32.1. The monoisotopic (exact) mass is 382 g/mol. The third kappa shape index (κ3) is 3.05. The maximum absolute atomic E-state index is 6.20. The van der Waals surface area contributed by atoms with E-state index in [-0.39, 0.29) is 0 Å². The van der Waals surface area contributed by atoms with Crippen LogP contribution in [0.2, 0.25) is 0 Å². The zero-order valence-electron chi connectivity index (χ0n) is 15.8. The summed E-state index contributed by atoms with van der Waals surface area (Å²) in [5, 5.41) is 5.58. The lowest BCUT2D eigenvalue weighted by Gasteiger charge is -2.34. The van der Waals surface area contributed by atoms with Gasteiger partial charge in [0.15, 0.2) is 5.82 Å². The molecular weight excluding hydrogens is 356 g/mol. The highest BCUT2D eigenvalue weighted by molar-refractivity contribution is 7.05. The van der Waals surface area contributed by atoms with Gasteiger partial charge in [0.2, 0.25) is 0 Å². The highest BCUT2D eigenvalue weighted by Crippen LogP contribution is 2.43. The second-order valence-electron chi connectivity index (χ2n) is 7.67. The molecule has 2 aromatic heterocycles. The number of hydrogen-bond donors (Lipinski definition) is 1. The van der Waals surface area contributed by atoms with Crippen LogP contribution in [-0.2, 0) is 6.54 Å². The van der Waals surface area contributed by atoms with Gasteiger partial charge >= 0.3 is 0 Å². The van der Waals surface area contributed by atoms with Crippen molar-refractivity contribution in [3.63, 3.8) is 0 Å². The summed E-state index contributed by atoms with van der Waals surface area (Å²) in [4.78, 5) is 4.79. The third-order valence-electron chi connectivity index (χ3n) is 6.01. The molecule has 1 aliphatic carbocycles. The summed E-state index contributed by atoms with van der Waals surface area (Å²) < 4.78 is 13.3. The van der Waals surface area contributed by atoms with E-state index in [4.69, 9.17) is 9.72 Å².